The van der Waals surface area contributed by atoms with Gasteiger partial charge in [0.25, 0.3) is 0 Å². The quantitative estimate of drug-likeness (QED) is 0.0321. The highest BCUT2D eigenvalue weighted by Crippen LogP contribution is 2.17. The van der Waals surface area contributed by atoms with E-state index in [1.807, 2.05) is 6.08 Å². The zero-order valence-corrected chi connectivity index (χ0v) is 44.9. The summed E-state index contributed by atoms with van der Waals surface area (Å²) in [4.78, 5) is 24.5. The van der Waals surface area contributed by atoms with Gasteiger partial charge in [-0.3, -0.25) is 9.59 Å². The number of rotatable bonds is 55. The highest BCUT2D eigenvalue weighted by molar-refractivity contribution is 5.76. The van der Waals surface area contributed by atoms with Crippen molar-refractivity contribution in [3.63, 3.8) is 0 Å². The van der Waals surface area contributed by atoms with Crippen molar-refractivity contribution in [1.82, 2.24) is 5.32 Å². The molecule has 0 aromatic carbocycles. The Kier molecular flexibility index (Phi) is 55.0. The Bertz CT molecular complexity index is 1090. The van der Waals surface area contributed by atoms with Crippen LogP contribution in [0.2, 0.25) is 0 Å². The number of esters is 1. The third kappa shape index (κ3) is 53.3. The molecule has 0 aliphatic rings. The molecule has 0 radical (unpaired) electrons. The van der Waals surface area contributed by atoms with Crippen LogP contribution in [-0.2, 0) is 14.3 Å². The van der Waals surface area contributed by atoms with Crippen molar-refractivity contribution in [2.75, 3.05) is 13.2 Å². The molecule has 0 saturated heterocycles. The summed E-state index contributed by atoms with van der Waals surface area (Å²) in [5.74, 6) is -0.139. The van der Waals surface area contributed by atoms with Crippen LogP contribution in [-0.4, -0.2) is 47.4 Å². The van der Waals surface area contributed by atoms with Gasteiger partial charge in [-0.2, -0.15) is 0 Å². The Balaban J connectivity index is 3.53. The fourth-order valence-corrected chi connectivity index (χ4v) is 9.10. The van der Waals surface area contributed by atoms with Crippen LogP contribution in [0.15, 0.2) is 36.5 Å². The maximum atomic E-state index is 12.5. The van der Waals surface area contributed by atoms with E-state index in [4.69, 9.17) is 4.74 Å². The van der Waals surface area contributed by atoms with E-state index in [0.717, 1.165) is 51.4 Å². The summed E-state index contributed by atoms with van der Waals surface area (Å²) in [5, 5.41) is 23.3. The number of unbranched alkanes of at least 4 members (excludes halogenated alkanes) is 38. The van der Waals surface area contributed by atoms with Crippen molar-refractivity contribution in [2.24, 2.45) is 0 Å². The maximum absolute atomic E-state index is 12.5. The second-order valence-electron chi connectivity index (χ2n) is 20.3. The Morgan fingerprint density at radius 3 is 1.18 bits per heavy atom. The second-order valence-corrected chi connectivity index (χ2v) is 20.3. The lowest BCUT2D eigenvalue weighted by atomic mass is 10.0. The Labute approximate surface area is 417 Å². The van der Waals surface area contributed by atoms with Crippen LogP contribution in [0.25, 0.3) is 0 Å². The minimum Gasteiger partial charge on any atom is -0.466 e. The molecule has 0 aromatic heterocycles. The SMILES string of the molecule is CCCCCCC/C=C\CCCCCCCC(=O)OCCCCCCCC/C=C\C/C=C\CCC(=O)NC(CO)C(O)CCCCCCCCCCCCCCCCCCCCCCCCC. The van der Waals surface area contributed by atoms with Gasteiger partial charge in [0.1, 0.15) is 0 Å². The minimum absolute atomic E-state index is 0.0251. The third-order valence-corrected chi connectivity index (χ3v) is 13.7. The van der Waals surface area contributed by atoms with Crippen molar-refractivity contribution in [3.8, 4) is 0 Å². The summed E-state index contributed by atoms with van der Waals surface area (Å²) >= 11 is 0. The van der Waals surface area contributed by atoms with Crippen LogP contribution in [0.4, 0.5) is 0 Å². The number of hydrogen-bond donors (Lipinski definition) is 3. The topological polar surface area (TPSA) is 95.9 Å². The van der Waals surface area contributed by atoms with Crippen molar-refractivity contribution in [1.29, 1.82) is 0 Å². The van der Waals surface area contributed by atoms with Crippen LogP contribution in [0, 0.1) is 0 Å². The normalized spacial score (nSPS) is 12.8. The van der Waals surface area contributed by atoms with Crippen molar-refractivity contribution >= 4 is 11.9 Å². The molecule has 0 spiro atoms. The Morgan fingerprint density at radius 1 is 0.418 bits per heavy atom. The highest BCUT2D eigenvalue weighted by Gasteiger charge is 2.19. The first kappa shape index (κ1) is 65.1. The van der Waals surface area contributed by atoms with Crippen LogP contribution in [0.1, 0.15) is 316 Å². The molecule has 1 amide bonds. The summed E-state index contributed by atoms with van der Waals surface area (Å²) in [7, 11) is 0. The third-order valence-electron chi connectivity index (χ3n) is 13.7. The van der Waals surface area contributed by atoms with E-state index < -0.39 is 12.1 Å². The summed E-state index contributed by atoms with van der Waals surface area (Å²) in [6, 6.07) is -0.587. The number of carbonyl (C=O) groups excluding carboxylic acids is 2. The molecular weight excluding hydrogens is 827 g/mol. The predicted octanol–water partition coefficient (Wildman–Crippen LogP) is 18.4. The van der Waals surface area contributed by atoms with E-state index in [1.54, 1.807) is 0 Å². The molecule has 2 unspecified atom stereocenters. The molecule has 0 bridgehead atoms. The first-order valence-electron chi connectivity index (χ1n) is 29.7. The number of aliphatic hydroxyl groups excluding tert-OH is 2. The van der Waals surface area contributed by atoms with Crippen LogP contribution in [0.3, 0.4) is 0 Å². The van der Waals surface area contributed by atoms with Crippen LogP contribution >= 0.6 is 0 Å². The summed E-state index contributed by atoms with van der Waals surface area (Å²) in [6.07, 6.45) is 70.1. The predicted molar refractivity (Wildman–Crippen MR) is 292 cm³/mol. The molecular formula is C61H115NO5. The lowest BCUT2D eigenvalue weighted by Crippen LogP contribution is -2.45. The number of hydrogen-bond acceptors (Lipinski definition) is 5. The fraction of sp³-hybridized carbons (Fsp3) is 0.869. The zero-order valence-electron chi connectivity index (χ0n) is 44.9. The molecule has 0 fully saturated rings. The largest absolute Gasteiger partial charge is 0.466 e. The number of carbonyl (C=O) groups is 2. The van der Waals surface area contributed by atoms with Crippen molar-refractivity contribution in [3.05, 3.63) is 36.5 Å². The molecule has 0 heterocycles. The van der Waals surface area contributed by atoms with Gasteiger partial charge in [-0.15, -0.1) is 0 Å². The first-order valence-corrected chi connectivity index (χ1v) is 29.7. The van der Waals surface area contributed by atoms with E-state index in [-0.39, 0.29) is 18.5 Å². The molecule has 0 aliphatic heterocycles. The number of nitrogens with one attached hydrogen (secondary N) is 1. The van der Waals surface area contributed by atoms with E-state index in [9.17, 15) is 19.8 Å². The Hall–Kier alpha value is -1.92. The fourth-order valence-electron chi connectivity index (χ4n) is 9.10. The van der Waals surface area contributed by atoms with Gasteiger partial charge in [0.05, 0.1) is 25.4 Å². The molecule has 6 heteroatoms. The minimum atomic E-state index is -0.701. The summed E-state index contributed by atoms with van der Waals surface area (Å²) in [5.41, 5.74) is 0. The number of aliphatic hydroxyl groups is 2. The van der Waals surface area contributed by atoms with Crippen LogP contribution < -0.4 is 5.32 Å². The van der Waals surface area contributed by atoms with Crippen molar-refractivity contribution in [2.45, 2.75) is 328 Å². The molecule has 394 valence electrons. The molecule has 0 rings (SSSR count). The number of amides is 1. The summed E-state index contributed by atoms with van der Waals surface area (Å²) < 4.78 is 5.45. The second kappa shape index (κ2) is 56.7. The molecule has 2 atom stereocenters. The highest BCUT2D eigenvalue weighted by atomic mass is 16.5. The molecule has 0 aliphatic carbocycles. The van der Waals surface area contributed by atoms with Crippen molar-refractivity contribution < 1.29 is 24.5 Å². The molecule has 0 aromatic rings. The zero-order chi connectivity index (χ0) is 48.6. The van der Waals surface area contributed by atoms with Gasteiger partial charge in [0, 0.05) is 12.8 Å². The van der Waals surface area contributed by atoms with Crippen LogP contribution in [0.5, 0.6) is 0 Å². The molecule has 67 heavy (non-hydrogen) atoms. The van der Waals surface area contributed by atoms with Gasteiger partial charge in [-0.1, -0.05) is 269 Å². The van der Waals surface area contributed by atoms with Gasteiger partial charge in [-0.25, -0.2) is 0 Å². The smallest absolute Gasteiger partial charge is 0.305 e. The molecule has 6 nitrogen and oxygen atoms in total. The van der Waals surface area contributed by atoms with Gasteiger partial charge >= 0.3 is 5.97 Å². The van der Waals surface area contributed by atoms with E-state index in [1.165, 1.54) is 225 Å². The van der Waals surface area contributed by atoms with E-state index >= 15 is 0 Å². The van der Waals surface area contributed by atoms with Gasteiger partial charge in [0.15, 0.2) is 0 Å². The average Bonchev–Trinajstić information content (AvgIpc) is 3.33. The van der Waals surface area contributed by atoms with E-state index in [0.29, 0.717) is 32.3 Å². The first-order chi connectivity index (χ1) is 33.0. The van der Waals surface area contributed by atoms with Gasteiger partial charge in [0.2, 0.25) is 5.91 Å². The number of ether oxygens (including phenoxy) is 1. The average molecular weight is 943 g/mol. The van der Waals surface area contributed by atoms with E-state index in [2.05, 4.69) is 49.5 Å². The lowest BCUT2D eigenvalue weighted by molar-refractivity contribution is -0.143. The maximum Gasteiger partial charge on any atom is 0.305 e. The number of allylic oxidation sites excluding steroid dienone is 6. The summed E-state index contributed by atoms with van der Waals surface area (Å²) in [6.45, 7) is 4.89. The molecule has 3 N–H and O–H groups in total. The van der Waals surface area contributed by atoms with Gasteiger partial charge in [-0.05, 0) is 70.6 Å². The lowest BCUT2D eigenvalue weighted by Gasteiger charge is -2.22. The Morgan fingerprint density at radius 2 is 0.761 bits per heavy atom. The monoisotopic (exact) mass is 942 g/mol. The van der Waals surface area contributed by atoms with Gasteiger partial charge < -0.3 is 20.3 Å². The standard InChI is InChI=1S/C61H115NO5/c1-3-5-7-9-11-13-15-17-19-20-21-22-23-24-25-26-27-29-33-37-41-45-49-53-59(64)58(57-63)62-60(65)54-50-46-42-38-34-30-28-32-36-40-44-48-52-56-67-61(66)55-51-47-43-39-35-31-18-16-14-12-10-8-6-4-2/h16,18,30,34,42,46,58-59,63-64H,3-15,17,19-29,31-33,35-41,43-45,47-57H2,1-2H3,(H,62,65)/b18-16-,34-30-,46-42-. The molecule has 0 saturated carbocycles.